The van der Waals surface area contributed by atoms with E-state index in [1.807, 2.05) is 18.2 Å². The van der Waals surface area contributed by atoms with Gasteiger partial charge in [0, 0.05) is 18.1 Å². The Balaban J connectivity index is 1.78. The lowest BCUT2D eigenvalue weighted by Gasteiger charge is -2.06. The minimum Gasteiger partial charge on any atom is -0.504 e. The van der Waals surface area contributed by atoms with Gasteiger partial charge in [-0.25, -0.2) is 0 Å². The molecule has 0 saturated carbocycles. The average Bonchev–Trinajstić information content (AvgIpc) is 2.43. The molecule has 0 radical (unpaired) electrons. The summed E-state index contributed by atoms with van der Waals surface area (Å²) in [5.74, 6) is 0.780. The number of rotatable bonds is 5. The van der Waals surface area contributed by atoms with Crippen LogP contribution in [-0.4, -0.2) is 26.7 Å². The maximum absolute atomic E-state index is 11.7. The molecule has 1 amide bonds. The standard InChI is InChI=1S/C13H13N3O2S/c17-12-7-14-6-4-11(12)16-13(18)9-19-8-10-3-1-2-5-15-10/h1-7,17H,8-9H2,(H,14,16,18). The van der Waals surface area contributed by atoms with Crippen molar-refractivity contribution in [1.82, 2.24) is 9.97 Å². The van der Waals surface area contributed by atoms with Gasteiger partial charge in [-0.2, -0.15) is 0 Å². The van der Waals surface area contributed by atoms with Crippen molar-refractivity contribution in [3.8, 4) is 5.75 Å². The third-order valence-corrected chi connectivity index (χ3v) is 3.25. The molecule has 19 heavy (non-hydrogen) atoms. The summed E-state index contributed by atoms with van der Waals surface area (Å²) in [7, 11) is 0. The predicted octanol–water partition coefficient (Wildman–Crippen LogP) is 2.05. The number of hydrogen-bond acceptors (Lipinski definition) is 5. The van der Waals surface area contributed by atoms with Gasteiger partial charge in [0.05, 0.1) is 23.3 Å². The fourth-order valence-electron chi connectivity index (χ4n) is 1.41. The first-order chi connectivity index (χ1) is 9.25. The van der Waals surface area contributed by atoms with Gasteiger partial charge in [-0.15, -0.1) is 11.8 Å². The van der Waals surface area contributed by atoms with E-state index < -0.39 is 0 Å². The second kappa shape index (κ2) is 6.75. The van der Waals surface area contributed by atoms with Crippen LogP contribution in [0.5, 0.6) is 5.75 Å². The summed E-state index contributed by atoms with van der Waals surface area (Å²) in [6.07, 6.45) is 4.53. The number of carbonyl (C=O) groups is 1. The molecule has 0 aliphatic carbocycles. The summed E-state index contributed by atoms with van der Waals surface area (Å²) in [6, 6.07) is 7.24. The van der Waals surface area contributed by atoms with Crippen LogP contribution in [0.2, 0.25) is 0 Å². The zero-order valence-corrected chi connectivity index (χ0v) is 10.9. The number of nitrogens with one attached hydrogen (secondary N) is 1. The molecule has 0 saturated heterocycles. The van der Waals surface area contributed by atoms with E-state index in [4.69, 9.17) is 0 Å². The van der Waals surface area contributed by atoms with Crippen LogP contribution >= 0.6 is 11.8 Å². The molecule has 2 aromatic heterocycles. The molecule has 0 unspecified atom stereocenters. The third kappa shape index (κ3) is 4.26. The molecule has 0 bridgehead atoms. The maximum Gasteiger partial charge on any atom is 0.234 e. The Bertz CT molecular complexity index is 549. The Labute approximate surface area is 115 Å². The van der Waals surface area contributed by atoms with Crippen LogP contribution in [-0.2, 0) is 10.5 Å². The monoisotopic (exact) mass is 275 g/mol. The first-order valence-corrected chi connectivity index (χ1v) is 6.81. The third-order valence-electron chi connectivity index (χ3n) is 2.28. The largest absolute Gasteiger partial charge is 0.504 e. The molecule has 2 heterocycles. The van der Waals surface area contributed by atoms with E-state index in [2.05, 4.69) is 15.3 Å². The molecule has 5 nitrogen and oxygen atoms in total. The molecule has 2 aromatic rings. The van der Waals surface area contributed by atoms with Crippen molar-refractivity contribution in [2.24, 2.45) is 0 Å². The second-order valence-corrected chi connectivity index (χ2v) is 4.74. The average molecular weight is 275 g/mol. The summed E-state index contributed by atoms with van der Waals surface area (Å²) < 4.78 is 0. The molecule has 2 rings (SSSR count). The van der Waals surface area contributed by atoms with Crippen LogP contribution in [0.15, 0.2) is 42.9 Å². The van der Waals surface area contributed by atoms with E-state index >= 15 is 0 Å². The first kappa shape index (κ1) is 13.4. The van der Waals surface area contributed by atoms with Gasteiger partial charge >= 0.3 is 0 Å². The van der Waals surface area contributed by atoms with Crippen molar-refractivity contribution in [3.05, 3.63) is 48.5 Å². The number of amides is 1. The molecule has 2 N–H and O–H groups in total. The predicted molar refractivity (Wildman–Crippen MR) is 74.9 cm³/mol. The Kier molecular flexibility index (Phi) is 4.74. The lowest BCUT2D eigenvalue weighted by molar-refractivity contribution is -0.113. The molecule has 0 fully saturated rings. The van der Waals surface area contributed by atoms with Crippen molar-refractivity contribution in [3.63, 3.8) is 0 Å². The highest BCUT2D eigenvalue weighted by Crippen LogP contribution is 2.20. The van der Waals surface area contributed by atoms with E-state index in [-0.39, 0.29) is 11.7 Å². The lowest BCUT2D eigenvalue weighted by atomic mass is 10.4. The highest BCUT2D eigenvalue weighted by Gasteiger charge is 2.06. The summed E-state index contributed by atoms with van der Waals surface area (Å²) in [5.41, 5.74) is 1.31. The van der Waals surface area contributed by atoms with Crippen molar-refractivity contribution < 1.29 is 9.90 Å². The van der Waals surface area contributed by atoms with Gasteiger partial charge < -0.3 is 10.4 Å². The number of thioether (sulfide) groups is 1. The normalized spacial score (nSPS) is 10.1. The molecule has 0 aromatic carbocycles. The Morgan fingerprint density at radius 1 is 1.32 bits per heavy atom. The smallest absolute Gasteiger partial charge is 0.234 e. The Morgan fingerprint density at radius 3 is 2.95 bits per heavy atom. The second-order valence-electron chi connectivity index (χ2n) is 3.75. The Hall–Kier alpha value is -2.08. The fraction of sp³-hybridized carbons (Fsp3) is 0.154. The number of nitrogens with zero attached hydrogens (tertiary/aromatic N) is 2. The molecule has 0 spiro atoms. The van der Waals surface area contributed by atoms with Gasteiger partial charge in [-0.3, -0.25) is 14.8 Å². The fourth-order valence-corrected chi connectivity index (χ4v) is 2.15. The van der Waals surface area contributed by atoms with Crippen LogP contribution in [0, 0.1) is 0 Å². The van der Waals surface area contributed by atoms with E-state index in [9.17, 15) is 9.90 Å². The minimum atomic E-state index is -0.164. The van der Waals surface area contributed by atoms with Gasteiger partial charge in [0.15, 0.2) is 5.75 Å². The topological polar surface area (TPSA) is 75.1 Å². The number of pyridine rings is 2. The van der Waals surface area contributed by atoms with Crippen LogP contribution in [0.25, 0.3) is 0 Å². The van der Waals surface area contributed by atoms with Crippen molar-refractivity contribution in [2.75, 3.05) is 11.1 Å². The van der Waals surface area contributed by atoms with Crippen LogP contribution in [0.4, 0.5) is 5.69 Å². The first-order valence-electron chi connectivity index (χ1n) is 5.66. The summed E-state index contributed by atoms with van der Waals surface area (Å²) in [4.78, 5) is 19.6. The number of aromatic nitrogens is 2. The number of anilines is 1. The van der Waals surface area contributed by atoms with Crippen LogP contribution < -0.4 is 5.32 Å². The van der Waals surface area contributed by atoms with Gasteiger partial charge in [-0.1, -0.05) is 6.07 Å². The molecular weight excluding hydrogens is 262 g/mol. The van der Waals surface area contributed by atoms with E-state index in [0.29, 0.717) is 17.2 Å². The zero-order chi connectivity index (χ0) is 13.5. The molecule has 0 atom stereocenters. The van der Waals surface area contributed by atoms with Gasteiger partial charge in [0.2, 0.25) is 5.91 Å². The summed E-state index contributed by atoms with van der Waals surface area (Å²) in [5, 5.41) is 12.1. The zero-order valence-electron chi connectivity index (χ0n) is 10.1. The highest BCUT2D eigenvalue weighted by molar-refractivity contribution is 7.99. The molecule has 0 aliphatic rings. The highest BCUT2D eigenvalue weighted by atomic mass is 32.2. The van der Waals surface area contributed by atoms with E-state index in [1.54, 1.807) is 12.3 Å². The van der Waals surface area contributed by atoms with Crippen LogP contribution in [0.1, 0.15) is 5.69 Å². The molecule has 6 heteroatoms. The summed E-state index contributed by atoms with van der Waals surface area (Å²) in [6.45, 7) is 0. The van der Waals surface area contributed by atoms with Gasteiger partial charge in [-0.05, 0) is 18.2 Å². The van der Waals surface area contributed by atoms with Gasteiger partial charge in [0.25, 0.3) is 0 Å². The molecule has 98 valence electrons. The van der Waals surface area contributed by atoms with Gasteiger partial charge in [0.1, 0.15) is 0 Å². The summed E-state index contributed by atoms with van der Waals surface area (Å²) >= 11 is 1.47. The molecule has 0 aliphatic heterocycles. The number of carbonyl (C=O) groups excluding carboxylic acids is 1. The number of aromatic hydroxyl groups is 1. The van der Waals surface area contributed by atoms with E-state index in [0.717, 1.165) is 5.69 Å². The van der Waals surface area contributed by atoms with Crippen LogP contribution in [0.3, 0.4) is 0 Å². The van der Waals surface area contributed by atoms with E-state index in [1.165, 1.54) is 24.2 Å². The maximum atomic E-state index is 11.7. The van der Waals surface area contributed by atoms with Crippen molar-refractivity contribution >= 4 is 23.4 Å². The minimum absolute atomic E-state index is 0.0365. The lowest BCUT2D eigenvalue weighted by Crippen LogP contribution is -2.14. The number of hydrogen-bond donors (Lipinski definition) is 2. The van der Waals surface area contributed by atoms with Crippen molar-refractivity contribution in [2.45, 2.75) is 5.75 Å². The SMILES string of the molecule is O=C(CSCc1ccccn1)Nc1ccncc1O. The quantitative estimate of drug-likeness (QED) is 0.873. The van der Waals surface area contributed by atoms with Crippen molar-refractivity contribution in [1.29, 1.82) is 0 Å². The molecular formula is C13H13N3O2S. The Morgan fingerprint density at radius 2 is 2.21 bits per heavy atom.